The topological polar surface area (TPSA) is 18.5 Å². The third-order valence-electron chi connectivity index (χ3n) is 4.93. The molecule has 3 heteroatoms. The van der Waals surface area contributed by atoms with Gasteiger partial charge in [-0.1, -0.05) is 59.3 Å². The smallest absolute Gasteiger partial charge is 0.191 e. The molecular weight excluding hydrogens is 276 g/mol. The highest BCUT2D eigenvalue weighted by Gasteiger charge is 2.36. The Bertz CT molecular complexity index is 246. The highest BCUT2D eigenvalue weighted by atomic mass is 28.4. The molecule has 0 amide bonds. The molecule has 0 fully saturated rings. The van der Waals surface area contributed by atoms with E-state index in [1.54, 1.807) is 7.11 Å². The van der Waals surface area contributed by atoms with E-state index < -0.39 is 8.32 Å². The molecule has 128 valence electrons. The summed E-state index contributed by atoms with van der Waals surface area (Å²) in [5.41, 5.74) is 0. The Morgan fingerprint density at radius 2 is 1.33 bits per heavy atom. The third-order valence-corrected chi connectivity index (χ3v) is 9.46. The van der Waals surface area contributed by atoms with Gasteiger partial charge in [0.2, 0.25) is 0 Å². The SMILES string of the molecule is COC(C)CCCCCCCCCO[Si](C)(C)C(C)(C)C. The van der Waals surface area contributed by atoms with Crippen LogP contribution in [0.4, 0.5) is 0 Å². The van der Waals surface area contributed by atoms with Gasteiger partial charge in [0, 0.05) is 13.7 Å². The van der Waals surface area contributed by atoms with Crippen LogP contribution < -0.4 is 0 Å². The van der Waals surface area contributed by atoms with Crippen LogP contribution in [-0.2, 0) is 9.16 Å². The predicted octanol–water partition coefficient (Wildman–Crippen LogP) is 6.16. The van der Waals surface area contributed by atoms with E-state index in [2.05, 4.69) is 40.8 Å². The molecule has 0 rings (SSSR count). The molecule has 0 aliphatic rings. The summed E-state index contributed by atoms with van der Waals surface area (Å²) in [6.45, 7) is 14.7. The lowest BCUT2D eigenvalue weighted by Crippen LogP contribution is -2.40. The Balaban J connectivity index is 3.38. The molecule has 0 aliphatic heterocycles. The van der Waals surface area contributed by atoms with Crippen molar-refractivity contribution in [1.29, 1.82) is 0 Å². The molecule has 0 aliphatic carbocycles. The minimum atomic E-state index is -1.52. The van der Waals surface area contributed by atoms with Crippen molar-refractivity contribution in [2.45, 2.75) is 103 Å². The van der Waals surface area contributed by atoms with Gasteiger partial charge >= 0.3 is 0 Å². The predicted molar refractivity (Wildman–Crippen MR) is 96.6 cm³/mol. The quantitative estimate of drug-likeness (QED) is 0.317. The lowest BCUT2D eigenvalue weighted by molar-refractivity contribution is 0.108. The molecule has 0 spiro atoms. The second-order valence-electron chi connectivity index (χ2n) is 7.92. The second kappa shape index (κ2) is 10.8. The van der Waals surface area contributed by atoms with Gasteiger partial charge in [-0.05, 0) is 37.9 Å². The Morgan fingerprint density at radius 3 is 1.81 bits per heavy atom. The van der Waals surface area contributed by atoms with E-state index in [4.69, 9.17) is 9.16 Å². The summed E-state index contributed by atoms with van der Waals surface area (Å²) in [4.78, 5) is 0. The van der Waals surface area contributed by atoms with Crippen LogP contribution in [-0.4, -0.2) is 28.1 Å². The van der Waals surface area contributed by atoms with Crippen LogP contribution in [0.15, 0.2) is 0 Å². The van der Waals surface area contributed by atoms with Crippen LogP contribution in [0.25, 0.3) is 0 Å². The van der Waals surface area contributed by atoms with Crippen LogP contribution in [0.3, 0.4) is 0 Å². The maximum absolute atomic E-state index is 6.20. The molecule has 0 bridgehead atoms. The molecule has 0 N–H and O–H groups in total. The van der Waals surface area contributed by atoms with Crippen LogP contribution in [0.5, 0.6) is 0 Å². The van der Waals surface area contributed by atoms with Crippen molar-refractivity contribution in [3.63, 3.8) is 0 Å². The average molecular weight is 317 g/mol. The van der Waals surface area contributed by atoms with E-state index in [-0.39, 0.29) is 0 Å². The molecule has 0 aromatic carbocycles. The first kappa shape index (κ1) is 21.1. The number of ether oxygens (including phenoxy) is 1. The lowest BCUT2D eigenvalue weighted by atomic mass is 10.1. The zero-order chi connectivity index (χ0) is 16.4. The van der Waals surface area contributed by atoms with Crippen LogP contribution in [0, 0.1) is 0 Å². The minimum Gasteiger partial charge on any atom is -0.417 e. The van der Waals surface area contributed by atoms with Crippen molar-refractivity contribution < 1.29 is 9.16 Å². The normalized spacial score (nSPS) is 14.4. The van der Waals surface area contributed by atoms with Crippen LogP contribution in [0.2, 0.25) is 18.1 Å². The number of hydrogen-bond acceptors (Lipinski definition) is 2. The van der Waals surface area contributed by atoms with Gasteiger partial charge in [-0.2, -0.15) is 0 Å². The van der Waals surface area contributed by atoms with Gasteiger partial charge < -0.3 is 9.16 Å². The van der Waals surface area contributed by atoms with Gasteiger partial charge in [-0.3, -0.25) is 0 Å². The summed E-state index contributed by atoms with van der Waals surface area (Å²) in [5.74, 6) is 0. The Hall–Kier alpha value is 0.137. The second-order valence-corrected chi connectivity index (χ2v) is 12.7. The fourth-order valence-electron chi connectivity index (χ4n) is 2.08. The van der Waals surface area contributed by atoms with Crippen molar-refractivity contribution in [2.24, 2.45) is 0 Å². The summed E-state index contributed by atoms with van der Waals surface area (Å²) < 4.78 is 11.5. The zero-order valence-electron chi connectivity index (χ0n) is 15.8. The molecule has 0 heterocycles. The summed E-state index contributed by atoms with van der Waals surface area (Å²) in [6, 6.07) is 0. The Kier molecular flexibility index (Phi) is 10.9. The first-order valence-corrected chi connectivity index (χ1v) is 11.8. The fraction of sp³-hybridized carbons (Fsp3) is 1.00. The van der Waals surface area contributed by atoms with Crippen molar-refractivity contribution in [3.05, 3.63) is 0 Å². The zero-order valence-corrected chi connectivity index (χ0v) is 16.8. The summed E-state index contributed by atoms with van der Waals surface area (Å²) in [6.07, 6.45) is 11.0. The Morgan fingerprint density at radius 1 is 0.857 bits per heavy atom. The molecule has 0 saturated heterocycles. The van der Waals surface area contributed by atoms with Gasteiger partial charge in [0.1, 0.15) is 0 Å². The first-order chi connectivity index (χ1) is 9.70. The van der Waals surface area contributed by atoms with Gasteiger partial charge in [0.25, 0.3) is 0 Å². The van der Waals surface area contributed by atoms with E-state index in [1.807, 2.05) is 0 Å². The van der Waals surface area contributed by atoms with Crippen LogP contribution in [0.1, 0.15) is 79.1 Å². The number of rotatable bonds is 12. The molecule has 2 nitrogen and oxygen atoms in total. The molecule has 0 radical (unpaired) electrons. The van der Waals surface area contributed by atoms with E-state index in [0.29, 0.717) is 11.1 Å². The van der Waals surface area contributed by atoms with E-state index in [1.165, 1.54) is 51.4 Å². The summed E-state index contributed by atoms with van der Waals surface area (Å²) in [7, 11) is 0.285. The molecule has 0 saturated carbocycles. The Labute approximate surface area is 135 Å². The largest absolute Gasteiger partial charge is 0.417 e. The van der Waals surface area contributed by atoms with Gasteiger partial charge in [0.05, 0.1) is 6.10 Å². The van der Waals surface area contributed by atoms with Crippen molar-refractivity contribution in [3.8, 4) is 0 Å². The molecule has 1 unspecified atom stereocenters. The molecule has 0 aromatic heterocycles. The maximum Gasteiger partial charge on any atom is 0.191 e. The van der Waals surface area contributed by atoms with Crippen molar-refractivity contribution >= 4 is 8.32 Å². The van der Waals surface area contributed by atoms with Gasteiger partial charge in [-0.15, -0.1) is 0 Å². The number of methoxy groups -OCH3 is 1. The molecular formula is C18H40O2Si. The minimum absolute atomic E-state index is 0.340. The summed E-state index contributed by atoms with van der Waals surface area (Å²) in [5, 5.41) is 0.340. The highest BCUT2D eigenvalue weighted by Crippen LogP contribution is 2.36. The maximum atomic E-state index is 6.20. The van der Waals surface area contributed by atoms with E-state index >= 15 is 0 Å². The average Bonchev–Trinajstić information content (AvgIpc) is 2.39. The lowest BCUT2D eigenvalue weighted by Gasteiger charge is -2.36. The van der Waals surface area contributed by atoms with Gasteiger partial charge in [-0.25, -0.2) is 0 Å². The summed E-state index contributed by atoms with van der Waals surface area (Å²) >= 11 is 0. The van der Waals surface area contributed by atoms with E-state index in [9.17, 15) is 0 Å². The van der Waals surface area contributed by atoms with E-state index in [0.717, 1.165) is 6.61 Å². The monoisotopic (exact) mass is 316 g/mol. The number of hydrogen-bond donors (Lipinski definition) is 0. The molecule has 1 atom stereocenters. The number of unbranched alkanes of at least 4 members (excludes halogenated alkanes) is 6. The molecule has 0 aromatic rings. The highest BCUT2D eigenvalue weighted by molar-refractivity contribution is 6.74. The van der Waals surface area contributed by atoms with Crippen molar-refractivity contribution in [2.75, 3.05) is 13.7 Å². The standard InChI is InChI=1S/C18H40O2Si/c1-17(19-5)15-13-11-9-8-10-12-14-16-20-21(6,7)18(2,3)4/h17H,8-16H2,1-7H3. The fourth-order valence-corrected chi connectivity index (χ4v) is 3.17. The first-order valence-electron chi connectivity index (χ1n) is 8.87. The molecule has 21 heavy (non-hydrogen) atoms. The van der Waals surface area contributed by atoms with Gasteiger partial charge in [0.15, 0.2) is 8.32 Å². The van der Waals surface area contributed by atoms with Crippen LogP contribution >= 0.6 is 0 Å². The van der Waals surface area contributed by atoms with Crippen molar-refractivity contribution in [1.82, 2.24) is 0 Å². The third kappa shape index (κ3) is 10.5.